The summed E-state index contributed by atoms with van der Waals surface area (Å²) in [6.45, 7) is 2.94. The minimum absolute atomic E-state index is 0.639. The topological polar surface area (TPSA) is 93.1 Å². The summed E-state index contributed by atoms with van der Waals surface area (Å²) in [5.41, 5.74) is 12.7. The SMILES string of the molecule is N=C/C(=C\N)c1ccc2c(c1)c(-c1ccnc(N3CCOCC3)c1)nn2C(c1ccccc1)(c1ccccc1)c1ccccc1. The number of benzene rings is 4. The van der Waals surface area contributed by atoms with Crippen molar-refractivity contribution < 1.29 is 4.74 Å². The lowest BCUT2D eigenvalue weighted by molar-refractivity contribution is 0.122. The van der Waals surface area contributed by atoms with Crippen molar-refractivity contribution in [3.63, 3.8) is 0 Å². The van der Waals surface area contributed by atoms with Crippen LogP contribution in [0.25, 0.3) is 27.7 Å². The van der Waals surface area contributed by atoms with E-state index in [0.29, 0.717) is 18.8 Å². The van der Waals surface area contributed by atoms with Crippen molar-refractivity contribution in [1.29, 1.82) is 5.41 Å². The highest BCUT2D eigenvalue weighted by Gasteiger charge is 2.41. The molecule has 45 heavy (non-hydrogen) atoms. The normalized spacial score (nSPS) is 14.0. The average Bonchev–Trinajstić information content (AvgIpc) is 3.50. The molecule has 0 spiro atoms. The third kappa shape index (κ3) is 4.97. The predicted octanol–water partition coefficient (Wildman–Crippen LogP) is 6.72. The Morgan fingerprint density at radius 3 is 1.93 bits per heavy atom. The fourth-order valence-electron chi connectivity index (χ4n) is 6.43. The Kier molecular flexibility index (Phi) is 7.68. The Hall–Kier alpha value is -5.53. The van der Waals surface area contributed by atoms with Crippen LogP contribution >= 0.6 is 0 Å². The molecule has 1 saturated heterocycles. The van der Waals surface area contributed by atoms with E-state index in [-0.39, 0.29) is 0 Å². The summed E-state index contributed by atoms with van der Waals surface area (Å²) in [4.78, 5) is 6.97. The van der Waals surface area contributed by atoms with Crippen LogP contribution in [0.2, 0.25) is 0 Å². The Morgan fingerprint density at radius 2 is 1.38 bits per heavy atom. The largest absolute Gasteiger partial charge is 0.404 e. The summed E-state index contributed by atoms with van der Waals surface area (Å²) in [5.74, 6) is 0.900. The second-order valence-electron chi connectivity index (χ2n) is 11.1. The van der Waals surface area contributed by atoms with Crippen LogP contribution in [-0.2, 0) is 10.3 Å². The molecule has 0 radical (unpaired) electrons. The third-order valence-electron chi connectivity index (χ3n) is 8.59. The van der Waals surface area contributed by atoms with Crippen LogP contribution < -0.4 is 10.6 Å². The molecule has 6 aromatic rings. The highest BCUT2D eigenvalue weighted by molar-refractivity contribution is 6.10. The zero-order valence-corrected chi connectivity index (χ0v) is 24.9. The molecule has 3 N–H and O–H groups in total. The summed E-state index contributed by atoms with van der Waals surface area (Å²) < 4.78 is 7.77. The van der Waals surface area contributed by atoms with Gasteiger partial charge in [0.25, 0.3) is 0 Å². The maximum atomic E-state index is 7.99. The Morgan fingerprint density at radius 1 is 0.778 bits per heavy atom. The number of rotatable bonds is 8. The molecule has 7 rings (SSSR count). The zero-order valence-electron chi connectivity index (χ0n) is 24.9. The van der Waals surface area contributed by atoms with Gasteiger partial charge in [-0.25, -0.2) is 9.67 Å². The van der Waals surface area contributed by atoms with E-state index in [1.54, 1.807) is 0 Å². The Bertz CT molecular complexity index is 1870. The van der Waals surface area contributed by atoms with Gasteiger partial charge in [0.15, 0.2) is 0 Å². The van der Waals surface area contributed by atoms with Crippen molar-refractivity contribution >= 4 is 28.5 Å². The van der Waals surface area contributed by atoms with Gasteiger partial charge in [-0.15, -0.1) is 0 Å². The number of pyridine rings is 1. The van der Waals surface area contributed by atoms with Gasteiger partial charge in [0, 0.05) is 48.2 Å². The van der Waals surface area contributed by atoms with E-state index in [4.69, 9.17) is 26.0 Å². The molecule has 4 aromatic carbocycles. The molecule has 0 aliphatic carbocycles. The van der Waals surface area contributed by atoms with Crippen molar-refractivity contribution in [2.45, 2.75) is 5.54 Å². The lowest BCUT2D eigenvalue weighted by atomic mass is 9.77. The molecular formula is C38H34N6O. The van der Waals surface area contributed by atoms with Gasteiger partial charge in [-0.2, -0.15) is 5.10 Å². The van der Waals surface area contributed by atoms with Gasteiger partial charge in [-0.1, -0.05) is 97.1 Å². The molecule has 0 atom stereocenters. The van der Waals surface area contributed by atoms with Crippen LogP contribution in [0, 0.1) is 5.41 Å². The standard InChI is InChI=1S/C38H34N6O/c39-26-30(27-40)28-16-17-35-34(24-28)37(29-18-19-41-36(25-29)43-20-22-45-23-21-43)42-44(35)38(31-10-4-1-5-11-31,32-12-6-2-7-13-32)33-14-8-3-9-15-33/h1-19,24-27,39H,20-23,40H2/b30-27+,39-26?. The van der Waals surface area contributed by atoms with Crippen LogP contribution in [-0.4, -0.2) is 47.3 Å². The van der Waals surface area contributed by atoms with Crippen molar-refractivity contribution in [2.75, 3.05) is 31.2 Å². The molecule has 7 heteroatoms. The number of nitrogens with zero attached hydrogens (tertiary/aromatic N) is 4. The molecule has 0 saturated carbocycles. The number of anilines is 1. The van der Waals surface area contributed by atoms with Crippen LogP contribution in [0.5, 0.6) is 0 Å². The van der Waals surface area contributed by atoms with Gasteiger partial charge in [0.1, 0.15) is 17.1 Å². The average molecular weight is 591 g/mol. The van der Waals surface area contributed by atoms with Gasteiger partial charge in [-0.3, -0.25) is 0 Å². The van der Waals surface area contributed by atoms with E-state index in [1.165, 1.54) is 12.4 Å². The monoisotopic (exact) mass is 590 g/mol. The number of nitrogens with two attached hydrogens (primary N) is 1. The number of morpholine rings is 1. The van der Waals surface area contributed by atoms with E-state index in [0.717, 1.165) is 63.3 Å². The summed E-state index contributed by atoms with van der Waals surface area (Å²) in [6, 6.07) is 42.1. The zero-order chi connectivity index (χ0) is 30.6. The first-order chi connectivity index (χ1) is 22.2. The fourth-order valence-corrected chi connectivity index (χ4v) is 6.43. The highest BCUT2D eigenvalue weighted by atomic mass is 16.5. The van der Waals surface area contributed by atoms with Gasteiger partial charge >= 0.3 is 0 Å². The Balaban J connectivity index is 1.57. The molecule has 7 nitrogen and oxygen atoms in total. The van der Waals surface area contributed by atoms with E-state index < -0.39 is 5.54 Å². The van der Waals surface area contributed by atoms with Crippen LogP contribution in [0.1, 0.15) is 22.3 Å². The lowest BCUT2D eigenvalue weighted by Gasteiger charge is -2.37. The molecule has 1 aliphatic heterocycles. The number of nitrogens with one attached hydrogen (secondary N) is 1. The third-order valence-corrected chi connectivity index (χ3v) is 8.59. The first-order valence-electron chi connectivity index (χ1n) is 15.2. The second-order valence-corrected chi connectivity index (χ2v) is 11.1. The van der Waals surface area contributed by atoms with Crippen LogP contribution in [0.15, 0.2) is 134 Å². The lowest BCUT2D eigenvalue weighted by Crippen LogP contribution is -2.38. The summed E-state index contributed by atoms with van der Waals surface area (Å²) in [7, 11) is 0. The summed E-state index contributed by atoms with van der Waals surface area (Å²) in [5, 5.41) is 14.5. The minimum Gasteiger partial charge on any atom is -0.404 e. The van der Waals surface area contributed by atoms with Crippen molar-refractivity contribution in [2.24, 2.45) is 5.73 Å². The van der Waals surface area contributed by atoms with E-state index in [9.17, 15) is 0 Å². The highest BCUT2D eigenvalue weighted by Crippen LogP contribution is 2.44. The van der Waals surface area contributed by atoms with E-state index in [1.807, 2.05) is 36.5 Å². The number of fused-ring (bicyclic) bond motifs is 1. The second kappa shape index (κ2) is 12.2. The van der Waals surface area contributed by atoms with Gasteiger partial charge in [0.05, 0.1) is 18.7 Å². The molecule has 0 amide bonds. The molecule has 1 fully saturated rings. The maximum absolute atomic E-state index is 7.99. The number of hydrogen-bond acceptors (Lipinski definition) is 6. The first-order valence-corrected chi connectivity index (χ1v) is 15.2. The number of hydrogen-bond donors (Lipinski definition) is 2. The summed E-state index contributed by atoms with van der Waals surface area (Å²) in [6.07, 6.45) is 4.62. The fraction of sp³-hybridized carbons (Fsp3) is 0.132. The smallest absolute Gasteiger partial charge is 0.138 e. The van der Waals surface area contributed by atoms with Crippen molar-refractivity contribution in [3.05, 3.63) is 156 Å². The maximum Gasteiger partial charge on any atom is 0.138 e. The van der Waals surface area contributed by atoms with Gasteiger partial charge in [0.2, 0.25) is 0 Å². The number of ether oxygens (including phenoxy) is 1. The molecule has 3 heterocycles. The predicted molar refractivity (Wildman–Crippen MR) is 182 cm³/mol. The summed E-state index contributed by atoms with van der Waals surface area (Å²) >= 11 is 0. The van der Waals surface area contributed by atoms with Gasteiger partial charge < -0.3 is 20.8 Å². The minimum atomic E-state index is -0.796. The van der Waals surface area contributed by atoms with E-state index in [2.05, 4.69) is 101 Å². The van der Waals surface area contributed by atoms with Crippen LogP contribution in [0.4, 0.5) is 5.82 Å². The molecule has 222 valence electrons. The molecule has 2 aromatic heterocycles. The molecule has 0 bridgehead atoms. The number of aromatic nitrogens is 3. The molecular weight excluding hydrogens is 556 g/mol. The Labute approximate surface area is 262 Å². The molecule has 1 aliphatic rings. The van der Waals surface area contributed by atoms with Crippen molar-refractivity contribution in [1.82, 2.24) is 14.8 Å². The first kappa shape index (κ1) is 28.3. The molecule has 0 unspecified atom stereocenters. The quantitative estimate of drug-likeness (QED) is 0.152. The number of allylic oxidation sites excluding steroid dienone is 1. The van der Waals surface area contributed by atoms with E-state index >= 15 is 0 Å². The van der Waals surface area contributed by atoms with Crippen LogP contribution in [0.3, 0.4) is 0 Å². The van der Waals surface area contributed by atoms with Gasteiger partial charge in [-0.05, 0) is 46.5 Å². The van der Waals surface area contributed by atoms with Crippen molar-refractivity contribution in [3.8, 4) is 11.3 Å².